The molecule has 0 spiro atoms. The van der Waals surface area contributed by atoms with E-state index < -0.39 is 24.1 Å². The maximum absolute atomic E-state index is 10.2. The summed E-state index contributed by atoms with van der Waals surface area (Å²) in [5.74, 6) is -2.41. The molecule has 0 radical (unpaired) electrons. The van der Waals surface area contributed by atoms with Gasteiger partial charge in [0.25, 0.3) is 0 Å². The summed E-state index contributed by atoms with van der Waals surface area (Å²) in [6, 6.07) is 8.26. The molecular weight excluding hydrogens is 228 g/mol. The Labute approximate surface area is 97.8 Å². The number of hydrogen-bond donors (Lipinski definition) is 4. The topological polar surface area (TPSA) is 115 Å². The van der Waals surface area contributed by atoms with Gasteiger partial charge < -0.3 is 20.4 Å². The van der Waals surface area contributed by atoms with Gasteiger partial charge in [0.05, 0.1) is 0 Å². The van der Waals surface area contributed by atoms with Crippen molar-refractivity contribution in [3.05, 3.63) is 35.9 Å². The van der Waals surface area contributed by atoms with Crippen molar-refractivity contribution in [3.8, 4) is 0 Å². The molecule has 0 aliphatic heterocycles. The molecule has 0 saturated carbocycles. The molecule has 0 bridgehead atoms. The molecule has 2 atom stereocenters. The minimum atomic E-state index is -1.41. The number of aliphatic hydroxyl groups excluding tert-OH is 2. The van der Waals surface area contributed by atoms with Gasteiger partial charge in [0.1, 0.15) is 6.10 Å². The Balaban J connectivity index is 0.000000366. The highest BCUT2D eigenvalue weighted by Crippen LogP contribution is 2.10. The molecule has 6 heteroatoms. The minimum Gasteiger partial charge on any atom is -0.479 e. The van der Waals surface area contributed by atoms with E-state index in [0.717, 1.165) is 0 Å². The third-order valence-corrected chi connectivity index (χ3v) is 1.71. The Morgan fingerprint density at radius 1 is 1.00 bits per heavy atom. The van der Waals surface area contributed by atoms with Crippen LogP contribution in [0.1, 0.15) is 18.6 Å². The van der Waals surface area contributed by atoms with Gasteiger partial charge in [-0.05, 0) is 12.5 Å². The molecular formula is C11H14O6. The Kier molecular flexibility index (Phi) is 6.54. The van der Waals surface area contributed by atoms with Crippen LogP contribution in [0, 0.1) is 0 Å². The molecule has 1 aromatic rings. The number of carbonyl (C=O) groups is 2. The summed E-state index contributed by atoms with van der Waals surface area (Å²) in [6.45, 7) is 1.20. The van der Waals surface area contributed by atoms with Crippen molar-refractivity contribution in [2.75, 3.05) is 0 Å². The van der Waals surface area contributed by atoms with Gasteiger partial charge >= 0.3 is 11.9 Å². The zero-order valence-corrected chi connectivity index (χ0v) is 9.15. The monoisotopic (exact) mass is 242 g/mol. The van der Waals surface area contributed by atoms with Crippen molar-refractivity contribution >= 4 is 11.9 Å². The van der Waals surface area contributed by atoms with Crippen LogP contribution in [0.4, 0.5) is 0 Å². The van der Waals surface area contributed by atoms with Crippen molar-refractivity contribution in [2.45, 2.75) is 19.1 Å². The van der Waals surface area contributed by atoms with E-state index in [9.17, 15) is 9.59 Å². The van der Waals surface area contributed by atoms with E-state index in [1.54, 1.807) is 30.3 Å². The van der Waals surface area contributed by atoms with Crippen LogP contribution in [-0.2, 0) is 9.59 Å². The van der Waals surface area contributed by atoms with Gasteiger partial charge in [-0.3, -0.25) is 0 Å². The molecule has 6 nitrogen and oxygen atoms in total. The number of aliphatic carboxylic acids is 2. The normalized spacial score (nSPS) is 12.9. The summed E-state index contributed by atoms with van der Waals surface area (Å²) in [4.78, 5) is 19.7. The van der Waals surface area contributed by atoms with Gasteiger partial charge in [0.2, 0.25) is 0 Å². The second kappa shape index (κ2) is 7.37. The van der Waals surface area contributed by atoms with Gasteiger partial charge in [-0.25, -0.2) is 9.59 Å². The molecule has 1 aromatic carbocycles. The second-order valence-electron chi connectivity index (χ2n) is 3.17. The quantitative estimate of drug-likeness (QED) is 0.604. The Hall–Kier alpha value is -1.92. The first-order valence-corrected chi connectivity index (χ1v) is 4.73. The van der Waals surface area contributed by atoms with Gasteiger partial charge in [0.15, 0.2) is 6.10 Å². The Bertz CT molecular complexity index is 359. The van der Waals surface area contributed by atoms with E-state index in [1.165, 1.54) is 6.92 Å². The predicted molar refractivity (Wildman–Crippen MR) is 58.4 cm³/mol. The molecule has 2 unspecified atom stereocenters. The van der Waals surface area contributed by atoms with E-state index >= 15 is 0 Å². The lowest BCUT2D eigenvalue weighted by Gasteiger charge is -2.03. The smallest absolute Gasteiger partial charge is 0.337 e. The summed E-state index contributed by atoms with van der Waals surface area (Å²) < 4.78 is 0. The van der Waals surface area contributed by atoms with Crippen LogP contribution in [0.2, 0.25) is 0 Å². The van der Waals surface area contributed by atoms with E-state index in [0.29, 0.717) is 5.56 Å². The number of hydrogen-bond acceptors (Lipinski definition) is 4. The van der Waals surface area contributed by atoms with Crippen molar-refractivity contribution in [2.24, 2.45) is 0 Å². The highest BCUT2D eigenvalue weighted by molar-refractivity contribution is 5.73. The molecule has 1 rings (SSSR count). The largest absolute Gasteiger partial charge is 0.479 e. The summed E-state index contributed by atoms with van der Waals surface area (Å²) in [6.07, 6.45) is -2.64. The van der Waals surface area contributed by atoms with E-state index in [2.05, 4.69) is 0 Å². The number of aliphatic hydroxyl groups is 2. The van der Waals surface area contributed by atoms with E-state index in [1.807, 2.05) is 0 Å². The average molecular weight is 242 g/mol. The first-order valence-electron chi connectivity index (χ1n) is 4.73. The van der Waals surface area contributed by atoms with Gasteiger partial charge in [0, 0.05) is 0 Å². The lowest BCUT2D eigenvalue weighted by atomic mass is 10.1. The zero-order valence-electron chi connectivity index (χ0n) is 9.15. The minimum absolute atomic E-state index is 0.403. The molecule has 0 amide bonds. The maximum Gasteiger partial charge on any atom is 0.337 e. The fourth-order valence-electron chi connectivity index (χ4n) is 0.778. The summed E-state index contributed by atoms with van der Waals surface area (Å²) in [5.41, 5.74) is 0.403. The van der Waals surface area contributed by atoms with Crippen molar-refractivity contribution in [3.63, 3.8) is 0 Å². The summed E-state index contributed by atoms with van der Waals surface area (Å²) in [5, 5.41) is 33.2. The summed E-state index contributed by atoms with van der Waals surface area (Å²) in [7, 11) is 0. The Morgan fingerprint density at radius 2 is 1.41 bits per heavy atom. The zero-order chi connectivity index (χ0) is 13.4. The fourth-order valence-corrected chi connectivity index (χ4v) is 0.778. The molecule has 0 fully saturated rings. The Morgan fingerprint density at radius 3 is 1.71 bits per heavy atom. The van der Waals surface area contributed by atoms with Crippen molar-refractivity contribution in [1.82, 2.24) is 0 Å². The first-order chi connectivity index (χ1) is 7.86. The maximum atomic E-state index is 10.2. The van der Waals surface area contributed by atoms with E-state index in [-0.39, 0.29) is 0 Å². The van der Waals surface area contributed by atoms with Crippen LogP contribution < -0.4 is 0 Å². The number of carboxylic acid groups (broad SMARTS) is 2. The highest BCUT2D eigenvalue weighted by Gasteiger charge is 2.14. The molecule has 0 aromatic heterocycles. The second-order valence-corrected chi connectivity index (χ2v) is 3.17. The number of carboxylic acids is 2. The fraction of sp³-hybridized carbons (Fsp3) is 0.273. The average Bonchev–Trinajstić information content (AvgIpc) is 2.29. The van der Waals surface area contributed by atoms with Crippen LogP contribution in [-0.4, -0.2) is 38.5 Å². The third kappa shape index (κ3) is 6.29. The third-order valence-electron chi connectivity index (χ3n) is 1.71. The molecule has 0 aliphatic rings. The highest BCUT2D eigenvalue weighted by atomic mass is 16.4. The van der Waals surface area contributed by atoms with Crippen LogP contribution in [0.15, 0.2) is 30.3 Å². The van der Waals surface area contributed by atoms with Gasteiger partial charge in [-0.15, -0.1) is 0 Å². The molecule has 4 N–H and O–H groups in total. The number of benzene rings is 1. The first kappa shape index (κ1) is 15.1. The molecule has 94 valence electrons. The van der Waals surface area contributed by atoms with Crippen molar-refractivity contribution in [1.29, 1.82) is 0 Å². The van der Waals surface area contributed by atoms with Crippen LogP contribution >= 0.6 is 0 Å². The molecule has 0 saturated heterocycles. The summed E-state index contributed by atoms with van der Waals surface area (Å²) >= 11 is 0. The van der Waals surface area contributed by atoms with Gasteiger partial charge in [-0.1, -0.05) is 30.3 Å². The van der Waals surface area contributed by atoms with Crippen LogP contribution in [0.25, 0.3) is 0 Å². The lowest BCUT2D eigenvalue weighted by molar-refractivity contribution is -0.147. The predicted octanol–water partition coefficient (Wildman–Crippen LogP) is 0.256. The molecule has 0 heterocycles. The van der Waals surface area contributed by atoms with E-state index in [4.69, 9.17) is 20.4 Å². The SMILES string of the molecule is CC(O)C(=O)O.O=C(O)C(O)c1ccccc1. The standard InChI is InChI=1S/C8H8O3.C3H6O3/c9-7(8(10)11)6-4-2-1-3-5-6;1-2(4)3(5)6/h1-5,7,9H,(H,10,11);2,4H,1H3,(H,5,6). The molecule has 0 aliphatic carbocycles. The van der Waals surface area contributed by atoms with Crippen molar-refractivity contribution < 1.29 is 30.0 Å². The lowest BCUT2D eigenvalue weighted by Crippen LogP contribution is -2.13. The van der Waals surface area contributed by atoms with Crippen LogP contribution in [0.5, 0.6) is 0 Å². The number of rotatable bonds is 3. The molecule has 17 heavy (non-hydrogen) atoms. The van der Waals surface area contributed by atoms with Gasteiger partial charge in [-0.2, -0.15) is 0 Å². The van der Waals surface area contributed by atoms with Crippen LogP contribution in [0.3, 0.4) is 0 Å².